The Morgan fingerprint density at radius 1 is 0.963 bits per heavy atom. The number of dihydropyridines is 1. The number of hydrogen-bond donors (Lipinski definition) is 1. The normalized spacial score (nSPS) is 18.1. The minimum atomic E-state index is -1.42. The molecule has 4 nitrogen and oxygen atoms in total. The van der Waals surface area contributed by atoms with Crippen LogP contribution in [0.3, 0.4) is 0 Å². The lowest BCUT2D eigenvalue weighted by Gasteiger charge is -2.31. The van der Waals surface area contributed by atoms with Gasteiger partial charge in [-0.2, -0.15) is 0 Å². The highest BCUT2D eigenvalue weighted by molar-refractivity contribution is 7.89. The average Bonchev–Trinajstić information content (AvgIpc) is 2.67. The average molecular weight is 381 g/mol. The quantitative estimate of drug-likeness (QED) is 0.808. The Balaban J connectivity index is 2.17. The molecule has 0 saturated heterocycles. The minimum Gasteiger partial charge on any atom is -0.466 e. The second-order valence-electron chi connectivity index (χ2n) is 6.57. The van der Waals surface area contributed by atoms with E-state index >= 15 is 0 Å². The van der Waals surface area contributed by atoms with Gasteiger partial charge in [0.1, 0.15) is 0 Å². The smallest absolute Gasteiger partial charge is 0.336 e. The first-order valence-electron chi connectivity index (χ1n) is 8.74. The lowest BCUT2D eigenvalue weighted by atomic mass is 9.86. The zero-order valence-corrected chi connectivity index (χ0v) is 16.7. The molecule has 0 aliphatic carbocycles. The Morgan fingerprint density at radius 2 is 1.59 bits per heavy atom. The van der Waals surface area contributed by atoms with Crippen LogP contribution < -0.4 is 5.32 Å². The molecule has 1 aliphatic rings. The van der Waals surface area contributed by atoms with Crippen LogP contribution in [-0.2, 0) is 20.3 Å². The van der Waals surface area contributed by atoms with Crippen LogP contribution in [0.2, 0.25) is 0 Å². The second kappa shape index (κ2) is 7.92. The van der Waals surface area contributed by atoms with Crippen LogP contribution in [0.15, 0.2) is 81.4 Å². The van der Waals surface area contributed by atoms with Crippen molar-refractivity contribution in [3.63, 3.8) is 0 Å². The van der Waals surface area contributed by atoms with Gasteiger partial charge < -0.3 is 10.1 Å². The summed E-state index contributed by atoms with van der Waals surface area (Å²) >= 11 is 0. The van der Waals surface area contributed by atoms with E-state index in [4.69, 9.17) is 4.74 Å². The van der Waals surface area contributed by atoms with Gasteiger partial charge in [0.15, 0.2) is 0 Å². The summed E-state index contributed by atoms with van der Waals surface area (Å²) in [5, 5.41) is 3.22. The van der Waals surface area contributed by atoms with Gasteiger partial charge in [-0.3, -0.25) is 0 Å². The van der Waals surface area contributed by atoms with Gasteiger partial charge in [0.25, 0.3) is 0 Å². The largest absolute Gasteiger partial charge is 0.466 e. The SMILES string of the molecule is COC(=O)C1=C(C)NC(C)=C(S(=O)c2ccc(C)cc2)[C@H]1c1ccccc1. The van der Waals surface area contributed by atoms with Crippen LogP contribution in [0.25, 0.3) is 0 Å². The lowest BCUT2D eigenvalue weighted by molar-refractivity contribution is -0.136. The molecule has 1 unspecified atom stereocenters. The molecule has 140 valence electrons. The monoisotopic (exact) mass is 381 g/mol. The maximum absolute atomic E-state index is 13.5. The number of carbonyl (C=O) groups is 1. The van der Waals surface area contributed by atoms with Crippen molar-refractivity contribution in [2.45, 2.75) is 31.6 Å². The number of aryl methyl sites for hydroxylation is 1. The van der Waals surface area contributed by atoms with Crippen LogP contribution >= 0.6 is 0 Å². The molecule has 0 aromatic heterocycles. The fourth-order valence-corrected chi connectivity index (χ4v) is 4.79. The van der Waals surface area contributed by atoms with Crippen LogP contribution in [0.4, 0.5) is 0 Å². The van der Waals surface area contributed by atoms with E-state index in [1.165, 1.54) is 7.11 Å². The molecule has 1 heterocycles. The lowest BCUT2D eigenvalue weighted by Crippen LogP contribution is -2.30. The Kier molecular flexibility index (Phi) is 5.61. The summed E-state index contributed by atoms with van der Waals surface area (Å²) in [6, 6.07) is 17.3. The van der Waals surface area contributed by atoms with E-state index in [0.717, 1.165) is 22.5 Å². The number of nitrogens with one attached hydrogen (secondary N) is 1. The molecule has 2 atom stereocenters. The molecule has 0 bridgehead atoms. The van der Waals surface area contributed by atoms with Crippen LogP contribution in [0.1, 0.15) is 30.9 Å². The molecule has 2 aromatic carbocycles. The molecule has 0 fully saturated rings. The Labute approximate surface area is 162 Å². The molecule has 0 saturated carbocycles. The number of hydrogen-bond acceptors (Lipinski definition) is 4. The summed E-state index contributed by atoms with van der Waals surface area (Å²) in [6.45, 7) is 5.74. The van der Waals surface area contributed by atoms with E-state index in [-0.39, 0.29) is 0 Å². The summed E-state index contributed by atoms with van der Waals surface area (Å²) in [7, 11) is -0.0502. The maximum atomic E-state index is 13.5. The van der Waals surface area contributed by atoms with Gasteiger partial charge in [-0.15, -0.1) is 0 Å². The number of allylic oxidation sites excluding steroid dienone is 3. The van der Waals surface area contributed by atoms with Crippen LogP contribution in [0, 0.1) is 6.92 Å². The number of ether oxygens (including phenoxy) is 1. The highest BCUT2D eigenvalue weighted by Gasteiger charge is 2.36. The van der Waals surface area contributed by atoms with Crippen LogP contribution in [-0.4, -0.2) is 17.3 Å². The van der Waals surface area contributed by atoms with Crippen molar-refractivity contribution in [2.75, 3.05) is 7.11 Å². The number of rotatable bonds is 4. The first-order chi connectivity index (χ1) is 12.9. The van der Waals surface area contributed by atoms with Crippen molar-refractivity contribution >= 4 is 16.8 Å². The molecule has 0 radical (unpaired) electrons. The van der Waals surface area contributed by atoms with Gasteiger partial charge in [-0.25, -0.2) is 9.00 Å². The Hall–Kier alpha value is -2.66. The molecule has 0 spiro atoms. The van der Waals surface area contributed by atoms with Gasteiger partial charge in [-0.1, -0.05) is 48.0 Å². The van der Waals surface area contributed by atoms with Crippen molar-refractivity contribution in [3.8, 4) is 0 Å². The van der Waals surface area contributed by atoms with Gasteiger partial charge in [-0.05, 0) is 38.5 Å². The molecule has 3 rings (SSSR count). The molecular formula is C22H23NO3S. The summed E-state index contributed by atoms with van der Waals surface area (Å²) in [5.74, 6) is -0.846. The number of carbonyl (C=O) groups excluding carboxylic acids is 1. The molecule has 1 N–H and O–H groups in total. The highest BCUT2D eigenvalue weighted by Crippen LogP contribution is 2.41. The molecular weight excluding hydrogens is 358 g/mol. The zero-order chi connectivity index (χ0) is 19.6. The zero-order valence-electron chi connectivity index (χ0n) is 15.9. The number of esters is 1. The summed E-state index contributed by atoms with van der Waals surface area (Å²) in [6.07, 6.45) is 0. The third-order valence-electron chi connectivity index (χ3n) is 4.67. The predicted molar refractivity (Wildman–Crippen MR) is 107 cm³/mol. The maximum Gasteiger partial charge on any atom is 0.336 e. The number of methoxy groups -OCH3 is 1. The summed E-state index contributed by atoms with van der Waals surface area (Å²) in [5.41, 5.74) is 4.03. The number of benzene rings is 2. The van der Waals surface area contributed by atoms with E-state index in [1.807, 2.05) is 75.4 Å². The van der Waals surface area contributed by atoms with Crippen molar-refractivity contribution in [2.24, 2.45) is 0 Å². The highest BCUT2D eigenvalue weighted by atomic mass is 32.2. The van der Waals surface area contributed by atoms with E-state index in [0.29, 0.717) is 15.4 Å². The van der Waals surface area contributed by atoms with E-state index in [2.05, 4.69) is 5.32 Å². The predicted octanol–water partition coefficient (Wildman–Crippen LogP) is 4.17. The van der Waals surface area contributed by atoms with E-state index in [1.54, 1.807) is 0 Å². The van der Waals surface area contributed by atoms with Crippen LogP contribution in [0.5, 0.6) is 0 Å². The fourth-order valence-electron chi connectivity index (χ4n) is 3.35. The Morgan fingerprint density at radius 3 is 2.19 bits per heavy atom. The van der Waals surface area contributed by atoms with Gasteiger partial charge >= 0.3 is 5.97 Å². The first kappa shape index (κ1) is 19.1. The van der Waals surface area contributed by atoms with E-state index in [9.17, 15) is 9.00 Å². The minimum absolute atomic E-state index is 0.417. The second-order valence-corrected chi connectivity index (χ2v) is 8.02. The van der Waals surface area contributed by atoms with Gasteiger partial charge in [0, 0.05) is 16.3 Å². The first-order valence-corrected chi connectivity index (χ1v) is 9.89. The summed E-state index contributed by atoms with van der Waals surface area (Å²) in [4.78, 5) is 14.0. The molecule has 2 aromatic rings. The van der Waals surface area contributed by atoms with Gasteiger partial charge in [0.2, 0.25) is 0 Å². The van der Waals surface area contributed by atoms with Crippen molar-refractivity contribution in [3.05, 3.63) is 87.6 Å². The molecule has 5 heteroatoms. The Bertz CT molecular complexity index is 943. The van der Waals surface area contributed by atoms with Crippen molar-refractivity contribution < 1.29 is 13.7 Å². The topological polar surface area (TPSA) is 55.4 Å². The molecule has 27 heavy (non-hydrogen) atoms. The van der Waals surface area contributed by atoms with E-state index < -0.39 is 22.7 Å². The third kappa shape index (κ3) is 3.74. The third-order valence-corrected chi connectivity index (χ3v) is 6.31. The van der Waals surface area contributed by atoms with Crippen molar-refractivity contribution in [1.82, 2.24) is 5.32 Å². The standard InChI is InChI=1S/C22H23NO3S/c1-14-10-12-18(13-11-14)27(25)21-16(3)23-15(2)19(22(24)26-4)20(21)17-8-6-5-7-9-17/h5-13,20,23H,1-4H3/t20-,27?/m0/s1. The summed E-state index contributed by atoms with van der Waals surface area (Å²) < 4.78 is 18.5. The van der Waals surface area contributed by atoms with Gasteiger partial charge in [0.05, 0.1) is 34.3 Å². The molecule has 1 aliphatic heterocycles. The fraction of sp³-hybridized carbons (Fsp3) is 0.227. The van der Waals surface area contributed by atoms with Crippen molar-refractivity contribution in [1.29, 1.82) is 0 Å². The molecule has 0 amide bonds.